The second-order valence-corrected chi connectivity index (χ2v) is 11.8. The number of carboxylic acid groups (broad SMARTS) is 1. The van der Waals surface area contributed by atoms with Gasteiger partial charge in [-0.15, -0.1) is 0 Å². The molecule has 1 amide bonds. The number of rotatable bonds is 9. The summed E-state index contributed by atoms with van der Waals surface area (Å²) in [5, 5.41) is 12.6. The van der Waals surface area contributed by atoms with Crippen molar-refractivity contribution in [3.63, 3.8) is 0 Å². The van der Waals surface area contributed by atoms with Crippen LogP contribution in [0.15, 0.2) is 67.0 Å². The summed E-state index contributed by atoms with van der Waals surface area (Å²) in [6.07, 6.45) is 4.73. The van der Waals surface area contributed by atoms with Gasteiger partial charge in [-0.25, -0.2) is 0 Å². The van der Waals surface area contributed by atoms with Gasteiger partial charge in [0, 0.05) is 24.3 Å². The van der Waals surface area contributed by atoms with Crippen LogP contribution in [0.4, 0.5) is 0 Å². The first-order valence-electron chi connectivity index (χ1n) is 13.6. The van der Waals surface area contributed by atoms with E-state index < -0.39 is 5.97 Å². The lowest BCUT2D eigenvalue weighted by Crippen LogP contribution is -2.26. The monoisotopic (exact) mass is 525 g/mol. The Balaban J connectivity index is 1.65. The first kappa shape index (κ1) is 28.1. The normalized spacial score (nSPS) is 12.6. The number of aliphatic carboxylic acids is 1. The highest BCUT2D eigenvalue weighted by Crippen LogP contribution is 2.35. The number of aryl methyl sites for hydroxylation is 1. The van der Waals surface area contributed by atoms with Gasteiger partial charge in [-0.2, -0.15) is 0 Å². The molecule has 6 heteroatoms. The molecule has 0 aliphatic carbocycles. The summed E-state index contributed by atoms with van der Waals surface area (Å²) >= 11 is 0. The average molecular weight is 526 g/mol. The Morgan fingerprint density at radius 1 is 1.00 bits per heavy atom. The van der Waals surface area contributed by atoms with Crippen LogP contribution in [0.5, 0.6) is 0 Å². The van der Waals surface area contributed by atoms with E-state index in [1.807, 2.05) is 6.07 Å². The molecule has 1 unspecified atom stereocenters. The minimum atomic E-state index is -0.949. The summed E-state index contributed by atoms with van der Waals surface area (Å²) in [5.41, 5.74) is 7.59. The van der Waals surface area contributed by atoms with E-state index in [1.54, 1.807) is 12.3 Å². The zero-order chi connectivity index (χ0) is 28.3. The van der Waals surface area contributed by atoms with Crippen LogP contribution in [0.2, 0.25) is 0 Å². The molecule has 6 nitrogen and oxygen atoms in total. The zero-order valence-electron chi connectivity index (χ0n) is 23.8. The third-order valence-electron chi connectivity index (χ3n) is 7.15. The second-order valence-electron chi connectivity index (χ2n) is 11.8. The fraction of sp³-hybridized carbons (Fsp3) is 0.364. The maximum atomic E-state index is 12.4. The van der Waals surface area contributed by atoms with Crippen molar-refractivity contribution in [2.24, 2.45) is 5.92 Å². The van der Waals surface area contributed by atoms with Gasteiger partial charge in [0.25, 0.3) is 5.91 Å². The zero-order valence-corrected chi connectivity index (χ0v) is 23.8. The van der Waals surface area contributed by atoms with Gasteiger partial charge in [-0.3, -0.25) is 14.6 Å². The van der Waals surface area contributed by atoms with E-state index in [-0.39, 0.29) is 36.0 Å². The highest BCUT2D eigenvalue weighted by Gasteiger charge is 2.20. The van der Waals surface area contributed by atoms with Gasteiger partial charge in [0.05, 0.1) is 18.0 Å². The van der Waals surface area contributed by atoms with Crippen molar-refractivity contribution in [3.05, 3.63) is 89.4 Å². The van der Waals surface area contributed by atoms with Gasteiger partial charge < -0.3 is 15.0 Å². The number of pyridine rings is 1. The molecule has 204 valence electrons. The number of carbonyl (C=O) groups is 2. The summed E-state index contributed by atoms with van der Waals surface area (Å²) in [5.74, 6) is -0.865. The average Bonchev–Trinajstić information content (AvgIpc) is 3.31. The molecule has 39 heavy (non-hydrogen) atoms. The van der Waals surface area contributed by atoms with Gasteiger partial charge in [0.1, 0.15) is 5.69 Å². The molecule has 2 aromatic heterocycles. The van der Waals surface area contributed by atoms with Crippen LogP contribution < -0.4 is 5.32 Å². The Morgan fingerprint density at radius 2 is 1.72 bits per heavy atom. The van der Waals surface area contributed by atoms with E-state index in [9.17, 15) is 9.59 Å². The van der Waals surface area contributed by atoms with Gasteiger partial charge in [-0.05, 0) is 76.8 Å². The lowest BCUT2D eigenvalue weighted by Gasteiger charge is -2.23. The Kier molecular flexibility index (Phi) is 8.24. The van der Waals surface area contributed by atoms with Crippen LogP contribution in [0.25, 0.3) is 22.0 Å². The van der Waals surface area contributed by atoms with Crippen molar-refractivity contribution >= 4 is 22.8 Å². The first-order chi connectivity index (χ1) is 18.4. The van der Waals surface area contributed by atoms with Crippen molar-refractivity contribution < 1.29 is 14.7 Å². The Morgan fingerprint density at radius 3 is 2.31 bits per heavy atom. The van der Waals surface area contributed by atoms with Crippen LogP contribution >= 0.6 is 0 Å². The predicted octanol–water partition coefficient (Wildman–Crippen LogP) is 7.15. The quantitative estimate of drug-likeness (QED) is 0.243. The molecule has 2 N–H and O–H groups in total. The first-order valence-corrected chi connectivity index (χ1v) is 13.6. The largest absolute Gasteiger partial charge is 0.481 e. The number of nitrogens with one attached hydrogen (secondary N) is 1. The van der Waals surface area contributed by atoms with E-state index >= 15 is 0 Å². The van der Waals surface area contributed by atoms with E-state index in [0.717, 1.165) is 12.0 Å². The number of amides is 1. The lowest BCUT2D eigenvalue weighted by molar-refractivity contribution is -0.136. The van der Waals surface area contributed by atoms with Crippen molar-refractivity contribution in [1.29, 1.82) is 0 Å². The van der Waals surface area contributed by atoms with Gasteiger partial charge in [-0.1, -0.05) is 65.0 Å². The molecule has 2 aromatic carbocycles. The van der Waals surface area contributed by atoms with E-state index in [1.165, 1.54) is 33.2 Å². The van der Waals surface area contributed by atoms with Gasteiger partial charge >= 0.3 is 5.97 Å². The summed E-state index contributed by atoms with van der Waals surface area (Å²) in [6.45, 7) is 13.4. The number of benzene rings is 2. The number of hydrogen-bond acceptors (Lipinski definition) is 3. The summed E-state index contributed by atoms with van der Waals surface area (Å²) < 4.78 is 2.33. The molecule has 1 atom stereocenters. The number of carboxylic acids is 1. The fourth-order valence-electron chi connectivity index (χ4n) is 5.08. The number of nitrogens with zero attached hydrogens (tertiary/aromatic N) is 2. The minimum absolute atomic E-state index is 0.0646. The molecule has 0 radical (unpaired) electrons. The third kappa shape index (κ3) is 6.56. The van der Waals surface area contributed by atoms with Crippen LogP contribution in [0.3, 0.4) is 0 Å². The second kappa shape index (κ2) is 11.4. The summed E-state index contributed by atoms with van der Waals surface area (Å²) in [6, 6.07) is 19.3. The summed E-state index contributed by atoms with van der Waals surface area (Å²) in [4.78, 5) is 27.5. The molecule has 0 saturated carbocycles. The highest BCUT2D eigenvalue weighted by molar-refractivity contribution is 5.92. The van der Waals surface area contributed by atoms with Crippen LogP contribution in [-0.2, 0) is 10.2 Å². The van der Waals surface area contributed by atoms with Gasteiger partial charge in [0.15, 0.2) is 0 Å². The number of fused-ring (bicyclic) bond motifs is 1. The van der Waals surface area contributed by atoms with Crippen molar-refractivity contribution in [2.75, 3.05) is 6.54 Å². The third-order valence-corrected chi connectivity index (χ3v) is 7.15. The Labute approximate surface area is 231 Å². The SMILES string of the molecule is Cc1cc(-c2ccc(C(C)(C)C)cc2)cc2ccn(C(CC(C)C)c3ccc(C(=O)NCCC(=O)O)nc3)c12. The molecule has 2 heterocycles. The van der Waals surface area contributed by atoms with E-state index in [4.69, 9.17) is 5.11 Å². The molecule has 4 rings (SSSR count). The maximum Gasteiger partial charge on any atom is 0.305 e. The molecule has 0 bridgehead atoms. The molecular formula is C33H39N3O3. The molecule has 0 spiro atoms. The Bertz CT molecular complexity index is 1460. The van der Waals surface area contributed by atoms with Crippen LogP contribution in [0.1, 0.15) is 80.7 Å². The van der Waals surface area contributed by atoms with Crippen molar-refractivity contribution in [2.45, 2.75) is 65.8 Å². The van der Waals surface area contributed by atoms with E-state index in [2.05, 4.69) is 105 Å². The summed E-state index contributed by atoms with van der Waals surface area (Å²) in [7, 11) is 0. The molecule has 4 aromatic rings. The highest BCUT2D eigenvalue weighted by atomic mass is 16.4. The van der Waals surface area contributed by atoms with Crippen LogP contribution in [0, 0.1) is 12.8 Å². The lowest BCUT2D eigenvalue weighted by atomic mass is 9.86. The van der Waals surface area contributed by atoms with Gasteiger partial charge in [0.2, 0.25) is 0 Å². The maximum absolute atomic E-state index is 12.4. The van der Waals surface area contributed by atoms with Crippen LogP contribution in [-0.4, -0.2) is 33.1 Å². The molecular weight excluding hydrogens is 486 g/mol. The predicted molar refractivity (Wildman–Crippen MR) is 157 cm³/mol. The molecule has 0 saturated heterocycles. The smallest absolute Gasteiger partial charge is 0.305 e. The number of hydrogen-bond donors (Lipinski definition) is 2. The molecule has 0 aliphatic rings. The van der Waals surface area contributed by atoms with E-state index in [0.29, 0.717) is 5.92 Å². The standard InChI is InChI=1S/C33H39N3O3/c1-21(2)17-29(25-9-12-28(35-20-25)32(39)34-15-13-30(37)38)36-16-14-24-19-26(18-22(3)31(24)36)23-7-10-27(11-8-23)33(4,5)6/h7-12,14,16,18-21,29H,13,15,17H2,1-6H3,(H,34,39)(H,37,38). The van der Waals surface area contributed by atoms with Crippen molar-refractivity contribution in [3.8, 4) is 11.1 Å². The Hall–Kier alpha value is -3.93. The van der Waals surface area contributed by atoms with Crippen molar-refractivity contribution in [1.82, 2.24) is 14.9 Å². The number of carbonyl (C=O) groups excluding carboxylic acids is 1. The number of aromatic nitrogens is 2. The molecule has 0 fully saturated rings. The topological polar surface area (TPSA) is 84.2 Å². The minimum Gasteiger partial charge on any atom is -0.481 e. The molecule has 0 aliphatic heterocycles. The fourth-order valence-corrected chi connectivity index (χ4v) is 5.08.